The molecule has 0 unspecified atom stereocenters. The number of carbonyl (C=O) groups excluding carboxylic acids is 1. The van der Waals surface area contributed by atoms with Crippen molar-refractivity contribution in [3.8, 4) is 11.4 Å². The van der Waals surface area contributed by atoms with Crippen LogP contribution in [0.3, 0.4) is 0 Å². The molecule has 4 aromatic rings. The quantitative estimate of drug-likeness (QED) is 0.394. The molecule has 1 amide bonds. The first-order valence-corrected chi connectivity index (χ1v) is 11.1. The number of aryl methyl sites for hydroxylation is 2. The van der Waals surface area contributed by atoms with Gasteiger partial charge in [-0.25, -0.2) is 9.50 Å². The molecule has 0 radical (unpaired) electrons. The van der Waals surface area contributed by atoms with E-state index in [1.54, 1.807) is 11.4 Å². The topological polar surface area (TPSA) is 72.2 Å². The fourth-order valence-corrected chi connectivity index (χ4v) is 3.84. The number of alkyl halides is 3. The van der Waals surface area contributed by atoms with Crippen LogP contribution in [0.4, 0.5) is 18.9 Å². The minimum absolute atomic E-state index is 0.0314. The molecular weight excluding hydrogens is 455 g/mol. The number of rotatable bonds is 4. The van der Waals surface area contributed by atoms with Crippen molar-refractivity contribution in [1.29, 1.82) is 0 Å². The summed E-state index contributed by atoms with van der Waals surface area (Å²) < 4.78 is 40.5. The number of hydrogen-bond acceptors (Lipinski definition) is 4. The molecule has 182 valence electrons. The fourth-order valence-electron chi connectivity index (χ4n) is 3.84. The van der Waals surface area contributed by atoms with E-state index in [4.69, 9.17) is 0 Å². The van der Waals surface area contributed by atoms with Gasteiger partial charge < -0.3 is 5.32 Å². The fraction of sp³-hybridized carbons (Fsp3) is 0.308. The molecule has 35 heavy (non-hydrogen) atoms. The second kappa shape index (κ2) is 8.79. The second-order valence-corrected chi connectivity index (χ2v) is 9.54. The van der Waals surface area contributed by atoms with E-state index >= 15 is 0 Å². The van der Waals surface area contributed by atoms with Gasteiger partial charge >= 0.3 is 6.18 Å². The van der Waals surface area contributed by atoms with Crippen molar-refractivity contribution >= 4 is 17.4 Å². The van der Waals surface area contributed by atoms with E-state index in [-0.39, 0.29) is 17.5 Å². The number of amides is 1. The highest BCUT2D eigenvalue weighted by atomic mass is 19.4. The van der Waals surface area contributed by atoms with Gasteiger partial charge in [0.15, 0.2) is 5.82 Å². The van der Waals surface area contributed by atoms with Crippen LogP contribution in [-0.4, -0.2) is 25.5 Å². The van der Waals surface area contributed by atoms with E-state index in [9.17, 15) is 18.0 Å². The van der Waals surface area contributed by atoms with Gasteiger partial charge in [-0.2, -0.15) is 18.2 Å². The lowest BCUT2D eigenvalue weighted by Gasteiger charge is -2.18. The summed E-state index contributed by atoms with van der Waals surface area (Å²) in [5.41, 5.74) is 3.28. The SMILES string of the molecule is Cc1nc2nc(-c3ccc(C(C)(C)C)cc3)nn2c(C)c1CC(=O)Nc1cccc(C(F)(F)F)c1. The molecule has 0 saturated carbocycles. The van der Waals surface area contributed by atoms with Crippen molar-refractivity contribution in [2.24, 2.45) is 0 Å². The number of aromatic nitrogens is 4. The summed E-state index contributed by atoms with van der Waals surface area (Å²) in [6, 6.07) is 12.6. The Bertz CT molecular complexity index is 1400. The Hall–Kier alpha value is -3.75. The summed E-state index contributed by atoms with van der Waals surface area (Å²) >= 11 is 0. The number of nitrogens with one attached hydrogen (secondary N) is 1. The average Bonchev–Trinajstić information content (AvgIpc) is 3.20. The number of fused-ring (bicyclic) bond motifs is 1. The standard InChI is InChI=1S/C26H26F3N5O/c1-15-21(14-22(35)31-20-8-6-7-19(13-20)26(27,28)29)16(2)34-24(30-15)32-23(33-34)17-9-11-18(12-10-17)25(3,4)5/h6-13H,14H2,1-5H3,(H,31,35). The molecule has 4 rings (SSSR count). The lowest BCUT2D eigenvalue weighted by molar-refractivity contribution is -0.137. The molecule has 0 aliphatic heterocycles. The molecule has 1 N–H and O–H groups in total. The highest BCUT2D eigenvalue weighted by Crippen LogP contribution is 2.31. The van der Waals surface area contributed by atoms with E-state index in [2.05, 4.69) is 53.3 Å². The number of halogens is 3. The van der Waals surface area contributed by atoms with Crippen molar-refractivity contribution in [1.82, 2.24) is 19.6 Å². The summed E-state index contributed by atoms with van der Waals surface area (Å²) in [6.45, 7) is 10.0. The van der Waals surface area contributed by atoms with Crippen molar-refractivity contribution in [2.45, 2.75) is 52.6 Å². The van der Waals surface area contributed by atoms with Crippen molar-refractivity contribution in [2.75, 3.05) is 5.32 Å². The third kappa shape index (κ3) is 5.18. The molecule has 0 fully saturated rings. The number of carbonyl (C=O) groups is 1. The predicted octanol–water partition coefficient (Wildman–Crippen LogP) is 5.91. The molecule has 0 saturated heterocycles. The largest absolute Gasteiger partial charge is 0.416 e. The predicted molar refractivity (Wildman–Crippen MR) is 128 cm³/mol. The highest BCUT2D eigenvalue weighted by Gasteiger charge is 2.30. The molecule has 0 aliphatic rings. The zero-order valence-electron chi connectivity index (χ0n) is 20.2. The maximum Gasteiger partial charge on any atom is 0.416 e. The van der Waals surface area contributed by atoms with Crippen LogP contribution < -0.4 is 5.32 Å². The maximum atomic E-state index is 13.0. The Morgan fingerprint density at radius 1 is 0.971 bits per heavy atom. The van der Waals surface area contributed by atoms with Crippen LogP contribution in [0.15, 0.2) is 48.5 Å². The van der Waals surface area contributed by atoms with Crippen LogP contribution in [0.5, 0.6) is 0 Å². The van der Waals surface area contributed by atoms with Gasteiger partial charge in [-0.15, -0.1) is 5.10 Å². The second-order valence-electron chi connectivity index (χ2n) is 9.54. The van der Waals surface area contributed by atoms with Crippen LogP contribution in [0.2, 0.25) is 0 Å². The Balaban J connectivity index is 1.59. The molecule has 0 spiro atoms. The molecular formula is C26H26F3N5O. The van der Waals surface area contributed by atoms with Gasteiger partial charge in [0.25, 0.3) is 5.78 Å². The van der Waals surface area contributed by atoms with Crippen molar-refractivity contribution in [3.63, 3.8) is 0 Å². The summed E-state index contributed by atoms with van der Waals surface area (Å²) in [5, 5.41) is 7.13. The van der Waals surface area contributed by atoms with Gasteiger partial charge in [0.2, 0.25) is 5.91 Å². The lowest BCUT2D eigenvalue weighted by atomic mass is 9.87. The minimum Gasteiger partial charge on any atom is -0.326 e. The zero-order chi connectivity index (χ0) is 25.5. The molecule has 0 aliphatic carbocycles. The normalized spacial score (nSPS) is 12.2. The molecule has 2 aromatic carbocycles. The summed E-state index contributed by atoms with van der Waals surface area (Å²) in [5.74, 6) is 0.484. The first-order valence-electron chi connectivity index (χ1n) is 11.1. The maximum absolute atomic E-state index is 13.0. The van der Waals surface area contributed by atoms with E-state index in [0.29, 0.717) is 28.6 Å². The highest BCUT2D eigenvalue weighted by molar-refractivity contribution is 5.92. The van der Waals surface area contributed by atoms with E-state index in [0.717, 1.165) is 17.7 Å². The molecule has 2 heterocycles. The van der Waals surface area contributed by atoms with Crippen LogP contribution >= 0.6 is 0 Å². The van der Waals surface area contributed by atoms with Gasteiger partial charge in [0.1, 0.15) is 0 Å². The molecule has 0 bridgehead atoms. The summed E-state index contributed by atoms with van der Waals surface area (Å²) in [6.07, 6.45) is -4.55. The number of hydrogen-bond donors (Lipinski definition) is 1. The molecule has 0 atom stereocenters. The lowest BCUT2D eigenvalue weighted by Crippen LogP contribution is -2.18. The minimum atomic E-state index is -4.49. The number of anilines is 1. The Labute approximate surface area is 201 Å². The van der Waals surface area contributed by atoms with Crippen LogP contribution in [0.1, 0.15) is 48.8 Å². The van der Waals surface area contributed by atoms with Crippen molar-refractivity contribution in [3.05, 3.63) is 76.6 Å². The van der Waals surface area contributed by atoms with Crippen LogP contribution in [0, 0.1) is 13.8 Å². The monoisotopic (exact) mass is 481 g/mol. The van der Waals surface area contributed by atoms with Gasteiger partial charge in [-0.1, -0.05) is 51.1 Å². The third-order valence-electron chi connectivity index (χ3n) is 5.87. The summed E-state index contributed by atoms with van der Waals surface area (Å²) in [7, 11) is 0. The Morgan fingerprint density at radius 2 is 1.66 bits per heavy atom. The van der Waals surface area contributed by atoms with E-state index < -0.39 is 17.6 Å². The average molecular weight is 482 g/mol. The van der Waals surface area contributed by atoms with Gasteiger partial charge in [-0.3, -0.25) is 4.79 Å². The number of nitrogens with zero attached hydrogens (tertiary/aromatic N) is 4. The smallest absolute Gasteiger partial charge is 0.326 e. The van der Waals surface area contributed by atoms with E-state index in [1.165, 1.54) is 17.7 Å². The first-order chi connectivity index (χ1) is 16.3. The zero-order valence-corrected chi connectivity index (χ0v) is 20.2. The summed E-state index contributed by atoms with van der Waals surface area (Å²) in [4.78, 5) is 21.7. The molecule has 6 nitrogen and oxygen atoms in total. The Morgan fingerprint density at radius 3 is 2.29 bits per heavy atom. The molecule has 9 heteroatoms. The van der Waals surface area contributed by atoms with Gasteiger partial charge in [-0.05, 0) is 43.0 Å². The van der Waals surface area contributed by atoms with Crippen LogP contribution in [0.25, 0.3) is 17.2 Å². The Kier molecular flexibility index (Phi) is 6.12. The third-order valence-corrected chi connectivity index (χ3v) is 5.87. The van der Waals surface area contributed by atoms with E-state index in [1.807, 2.05) is 19.1 Å². The van der Waals surface area contributed by atoms with Crippen molar-refractivity contribution < 1.29 is 18.0 Å². The first kappa shape index (κ1) is 24.4. The molecule has 2 aromatic heterocycles. The van der Waals surface area contributed by atoms with Gasteiger partial charge in [0.05, 0.1) is 12.0 Å². The van der Waals surface area contributed by atoms with Gasteiger partial charge in [0, 0.05) is 28.2 Å². The number of benzene rings is 2. The van der Waals surface area contributed by atoms with Crippen LogP contribution in [-0.2, 0) is 22.8 Å².